The zero-order chi connectivity index (χ0) is 41.6. The number of carbonyl (C=O) groups excluding carboxylic acids is 1. The predicted molar refractivity (Wildman–Crippen MR) is 242 cm³/mol. The molecule has 1 N–H and O–H groups in total. The first-order valence-electron chi connectivity index (χ1n) is 20.4. The van der Waals surface area contributed by atoms with Gasteiger partial charge in [0, 0.05) is 0 Å². The molecule has 1 amide bonds. The minimum absolute atomic E-state index is 0.0159. The van der Waals surface area contributed by atoms with Gasteiger partial charge in [0.05, 0.1) is 0 Å². The average molecular weight is 913 g/mol. The SMILES string of the molecule is CC(C)[Si]1(C(C)C)OC[C@H]2S[C@@](CO[Si](C)(C)C(C)(C)C)(n3cnc4c(NC(=O)c5ccccc5)ncnc43)[C@H]([Se]c3ccccc3)[C@@H]2O[Si](C(C)C)(C(C)C)O1. The summed E-state index contributed by atoms with van der Waals surface area (Å²) in [5, 5.41) is 3.00. The number of benzene rings is 2. The van der Waals surface area contributed by atoms with E-state index in [2.05, 4.69) is 134 Å². The molecule has 6 rings (SSSR count). The molecule has 2 aromatic carbocycles. The Hall–Kier alpha value is -2.18. The van der Waals surface area contributed by atoms with E-state index in [1.165, 1.54) is 10.8 Å². The second-order valence-corrected chi connectivity index (χ2v) is 36.0. The molecule has 10 nitrogen and oxygen atoms in total. The Bertz CT molecular complexity index is 1980. The van der Waals surface area contributed by atoms with Crippen molar-refractivity contribution in [3.8, 4) is 0 Å². The first-order valence-corrected chi connectivity index (χ1v) is 30.0. The molecule has 15 heteroatoms. The molecule has 0 spiro atoms. The molecule has 2 fully saturated rings. The first-order chi connectivity index (χ1) is 26.8. The number of hydrogen-bond acceptors (Lipinski definition) is 9. The normalized spacial score (nSPS) is 23.9. The molecule has 0 unspecified atom stereocenters. The molecule has 4 heterocycles. The fraction of sp³-hybridized carbons (Fsp3) is 0.571. The average Bonchev–Trinajstić information content (AvgIpc) is 3.71. The van der Waals surface area contributed by atoms with Crippen molar-refractivity contribution in [1.29, 1.82) is 0 Å². The molecule has 2 aliphatic heterocycles. The molecule has 0 aliphatic carbocycles. The first kappa shape index (κ1) is 44.4. The Balaban J connectivity index is 1.58. The van der Waals surface area contributed by atoms with Crippen LogP contribution in [-0.2, 0) is 22.3 Å². The number of rotatable bonds is 12. The van der Waals surface area contributed by atoms with Crippen LogP contribution in [0.25, 0.3) is 11.2 Å². The van der Waals surface area contributed by atoms with Crippen LogP contribution in [-0.4, -0.2) is 90.4 Å². The van der Waals surface area contributed by atoms with Crippen LogP contribution in [0, 0.1) is 0 Å². The summed E-state index contributed by atoms with van der Waals surface area (Å²) < 4.78 is 33.9. The molecular formula is C42H63N5O5SSeSi3. The zero-order valence-electron chi connectivity index (χ0n) is 36.0. The molecule has 310 valence electrons. The van der Waals surface area contributed by atoms with Crippen molar-refractivity contribution in [2.45, 2.75) is 137 Å². The number of imidazole rings is 1. The van der Waals surface area contributed by atoms with E-state index in [0.29, 0.717) is 35.8 Å². The van der Waals surface area contributed by atoms with Gasteiger partial charge in [0.1, 0.15) is 0 Å². The Kier molecular flexibility index (Phi) is 13.3. The third kappa shape index (κ3) is 8.44. The molecule has 2 aliphatic rings. The third-order valence-electron chi connectivity index (χ3n) is 12.3. The van der Waals surface area contributed by atoms with Crippen LogP contribution < -0.4 is 9.78 Å². The van der Waals surface area contributed by atoms with Crippen LogP contribution in [0.5, 0.6) is 0 Å². The molecule has 0 radical (unpaired) electrons. The van der Waals surface area contributed by atoms with Gasteiger partial charge in [-0.05, 0) is 0 Å². The van der Waals surface area contributed by atoms with Crippen molar-refractivity contribution in [3.05, 3.63) is 78.9 Å². The van der Waals surface area contributed by atoms with Gasteiger partial charge in [-0.25, -0.2) is 0 Å². The molecule has 4 atom stereocenters. The summed E-state index contributed by atoms with van der Waals surface area (Å²) in [7, 11) is -8.05. The molecule has 0 bridgehead atoms. The fourth-order valence-corrected chi connectivity index (χ4v) is 26.0. The summed E-state index contributed by atoms with van der Waals surface area (Å²) in [5.74, 6) is 0.119. The second-order valence-electron chi connectivity index (χ2n) is 18.3. The number of hydrogen-bond donors (Lipinski definition) is 1. The summed E-state index contributed by atoms with van der Waals surface area (Å²) in [5.41, 5.74) is 2.58. The van der Waals surface area contributed by atoms with Gasteiger partial charge in [0.25, 0.3) is 0 Å². The van der Waals surface area contributed by atoms with Crippen LogP contribution >= 0.6 is 11.8 Å². The number of nitrogens with one attached hydrogen (secondary N) is 1. The molecule has 0 saturated carbocycles. The van der Waals surface area contributed by atoms with Gasteiger partial charge in [-0.15, -0.1) is 0 Å². The van der Waals surface area contributed by atoms with Crippen molar-refractivity contribution in [2.24, 2.45) is 0 Å². The van der Waals surface area contributed by atoms with E-state index in [4.69, 9.17) is 27.4 Å². The van der Waals surface area contributed by atoms with Crippen molar-refractivity contribution < 1.29 is 22.2 Å². The fourth-order valence-electron chi connectivity index (χ4n) is 7.91. The van der Waals surface area contributed by atoms with Crippen molar-refractivity contribution in [1.82, 2.24) is 19.5 Å². The predicted octanol–water partition coefficient (Wildman–Crippen LogP) is 9.64. The van der Waals surface area contributed by atoms with Gasteiger partial charge in [0.2, 0.25) is 0 Å². The Morgan fingerprint density at radius 1 is 0.930 bits per heavy atom. The van der Waals surface area contributed by atoms with Gasteiger partial charge in [-0.1, -0.05) is 0 Å². The monoisotopic (exact) mass is 913 g/mol. The number of fused-ring (bicyclic) bond motifs is 2. The molecule has 4 aromatic rings. The van der Waals surface area contributed by atoms with Crippen LogP contribution in [0.4, 0.5) is 5.82 Å². The summed E-state index contributed by atoms with van der Waals surface area (Å²) >= 11 is 1.82. The van der Waals surface area contributed by atoms with Gasteiger partial charge in [-0.2, -0.15) is 0 Å². The van der Waals surface area contributed by atoms with Gasteiger partial charge in [0.15, 0.2) is 0 Å². The number of thioether (sulfide) groups is 1. The van der Waals surface area contributed by atoms with Crippen molar-refractivity contribution in [2.75, 3.05) is 18.5 Å². The van der Waals surface area contributed by atoms with Crippen molar-refractivity contribution >= 4 is 79.5 Å². The van der Waals surface area contributed by atoms with Gasteiger partial charge >= 0.3 is 356 Å². The summed E-state index contributed by atoms with van der Waals surface area (Å²) in [6.07, 6.45) is 3.22. The van der Waals surface area contributed by atoms with Crippen LogP contribution in [0.2, 0.25) is 45.1 Å². The number of aromatic nitrogens is 4. The Morgan fingerprint density at radius 3 is 2.11 bits per heavy atom. The Labute approximate surface area is 354 Å². The van der Waals surface area contributed by atoms with E-state index in [1.807, 2.05) is 36.3 Å². The van der Waals surface area contributed by atoms with E-state index < -0.39 is 30.3 Å². The van der Waals surface area contributed by atoms with Gasteiger partial charge < -0.3 is 0 Å². The summed E-state index contributed by atoms with van der Waals surface area (Å²) in [6, 6.07) is 20.0. The van der Waals surface area contributed by atoms with Crippen molar-refractivity contribution in [3.63, 3.8) is 0 Å². The van der Waals surface area contributed by atoms with Crippen LogP contribution in [0.15, 0.2) is 73.3 Å². The quantitative estimate of drug-likeness (QED) is 0.139. The summed E-state index contributed by atoms with van der Waals surface area (Å²) in [4.78, 5) is 27.2. The number of anilines is 1. The van der Waals surface area contributed by atoms with Crippen LogP contribution in [0.1, 0.15) is 86.5 Å². The second kappa shape index (κ2) is 17.1. The number of amides is 1. The summed E-state index contributed by atoms with van der Waals surface area (Å²) in [6.45, 7) is 30.7. The molecule has 2 aromatic heterocycles. The third-order valence-corrected chi connectivity index (χ3v) is 32.1. The molecule has 57 heavy (non-hydrogen) atoms. The standard InChI is InChI=1S/C42H63N5O5SSeSi3/c1-28(2)56(29(3)4)49-24-34-36(51-57(52-56,30(5)6)31(7)8)37(54-33-22-18-15-19-23-33)42(53-34,25-50-55(12,13)41(9,10)11)47-27-45-35-38(43-26-44-39(35)47)46-40(48)32-20-16-14-17-21-32/h14-23,26-31,34,36-37H,24-25H2,1-13H3,(H,43,44,46,48)/t34-,36-,37-,42-/m1/s1. The van der Waals surface area contributed by atoms with E-state index in [0.717, 1.165) is 0 Å². The van der Waals surface area contributed by atoms with E-state index in [-0.39, 0.29) is 64.2 Å². The minimum atomic E-state index is -2.97. The number of carbonyl (C=O) groups is 1. The maximum atomic E-state index is 13.4. The molecular weight excluding hydrogens is 850 g/mol. The van der Waals surface area contributed by atoms with E-state index in [1.54, 1.807) is 12.1 Å². The molecule has 2 saturated heterocycles. The topological polar surface area (TPSA) is 110 Å². The maximum absolute atomic E-state index is 13.4. The zero-order valence-corrected chi connectivity index (χ0v) is 41.6. The van der Waals surface area contributed by atoms with E-state index in [9.17, 15) is 4.79 Å². The van der Waals surface area contributed by atoms with Gasteiger partial charge in [-0.3, -0.25) is 0 Å². The van der Waals surface area contributed by atoms with Crippen LogP contribution in [0.3, 0.4) is 0 Å². The number of nitrogens with zero attached hydrogens (tertiary/aromatic N) is 4. The Morgan fingerprint density at radius 2 is 1.53 bits per heavy atom. The van der Waals surface area contributed by atoms with E-state index >= 15 is 0 Å².